The van der Waals surface area contributed by atoms with Crippen molar-refractivity contribution in [3.05, 3.63) is 94.9 Å². The third-order valence-electron chi connectivity index (χ3n) is 5.10. The SMILES string of the molecule is Cc1cccc(Cn2ccc(NC(=S)Nc3c(C)nn(Cc4ccccc4)c3C)n2)c1. The van der Waals surface area contributed by atoms with Gasteiger partial charge in [0.2, 0.25) is 0 Å². The Balaban J connectivity index is 1.39. The third-order valence-corrected chi connectivity index (χ3v) is 5.31. The van der Waals surface area contributed by atoms with E-state index in [4.69, 9.17) is 12.2 Å². The first-order chi connectivity index (χ1) is 15.0. The molecule has 6 nitrogen and oxygen atoms in total. The lowest BCUT2D eigenvalue weighted by Crippen LogP contribution is -2.20. The number of nitrogens with zero attached hydrogens (tertiary/aromatic N) is 4. The number of nitrogens with one attached hydrogen (secondary N) is 2. The first-order valence-corrected chi connectivity index (χ1v) is 10.6. The van der Waals surface area contributed by atoms with Gasteiger partial charge in [0.05, 0.1) is 30.2 Å². The van der Waals surface area contributed by atoms with E-state index in [-0.39, 0.29) is 0 Å². The average Bonchev–Trinajstić information content (AvgIpc) is 3.28. The van der Waals surface area contributed by atoms with E-state index in [1.807, 2.05) is 53.7 Å². The van der Waals surface area contributed by atoms with E-state index in [0.717, 1.165) is 23.6 Å². The first-order valence-electron chi connectivity index (χ1n) is 10.2. The summed E-state index contributed by atoms with van der Waals surface area (Å²) in [6.07, 6.45) is 1.95. The molecule has 2 aromatic carbocycles. The number of hydrogen-bond donors (Lipinski definition) is 2. The van der Waals surface area contributed by atoms with Gasteiger partial charge in [0.25, 0.3) is 0 Å². The monoisotopic (exact) mass is 430 g/mol. The highest BCUT2D eigenvalue weighted by molar-refractivity contribution is 7.80. The minimum Gasteiger partial charge on any atom is -0.329 e. The second kappa shape index (κ2) is 9.14. The Morgan fingerprint density at radius 1 is 0.871 bits per heavy atom. The number of rotatable bonds is 6. The van der Waals surface area contributed by atoms with E-state index in [0.29, 0.717) is 17.5 Å². The number of hydrogen-bond acceptors (Lipinski definition) is 3. The second-order valence-corrected chi connectivity index (χ2v) is 8.06. The van der Waals surface area contributed by atoms with Gasteiger partial charge in [-0.1, -0.05) is 60.2 Å². The molecule has 4 rings (SSSR count). The van der Waals surface area contributed by atoms with E-state index in [1.54, 1.807) is 0 Å². The fourth-order valence-corrected chi connectivity index (χ4v) is 3.77. The zero-order valence-electron chi connectivity index (χ0n) is 18.0. The van der Waals surface area contributed by atoms with E-state index in [9.17, 15) is 0 Å². The van der Waals surface area contributed by atoms with Gasteiger partial charge in [-0.25, -0.2) is 0 Å². The van der Waals surface area contributed by atoms with Crippen molar-refractivity contribution >= 4 is 28.8 Å². The van der Waals surface area contributed by atoms with Gasteiger partial charge in [-0.05, 0) is 44.1 Å². The van der Waals surface area contributed by atoms with Crippen LogP contribution in [0.4, 0.5) is 11.5 Å². The molecule has 4 aromatic rings. The predicted molar refractivity (Wildman–Crippen MR) is 130 cm³/mol. The standard InChI is InChI=1S/C24H26N6S/c1-17-8-7-11-21(14-17)15-29-13-12-22(28-29)25-24(31)26-23-18(2)27-30(19(23)3)16-20-9-5-4-6-10-20/h4-14H,15-16H2,1-3H3,(H2,25,26,28,31). The molecule has 0 bridgehead atoms. The van der Waals surface area contributed by atoms with Crippen LogP contribution < -0.4 is 10.6 Å². The van der Waals surface area contributed by atoms with Crippen LogP contribution in [0.2, 0.25) is 0 Å². The fourth-order valence-electron chi connectivity index (χ4n) is 3.56. The number of benzene rings is 2. The number of aryl methyl sites for hydroxylation is 2. The van der Waals surface area contributed by atoms with Crippen molar-refractivity contribution in [3.63, 3.8) is 0 Å². The molecule has 0 saturated carbocycles. The minimum atomic E-state index is 0.492. The van der Waals surface area contributed by atoms with Crippen LogP contribution in [0, 0.1) is 20.8 Å². The van der Waals surface area contributed by atoms with Gasteiger partial charge < -0.3 is 10.6 Å². The average molecular weight is 431 g/mol. The maximum absolute atomic E-state index is 5.52. The largest absolute Gasteiger partial charge is 0.329 e. The van der Waals surface area contributed by atoms with Crippen molar-refractivity contribution in [2.45, 2.75) is 33.9 Å². The fraction of sp³-hybridized carbons (Fsp3) is 0.208. The van der Waals surface area contributed by atoms with Gasteiger partial charge in [0.15, 0.2) is 10.9 Å². The Kier molecular flexibility index (Phi) is 6.13. The summed E-state index contributed by atoms with van der Waals surface area (Å²) in [5, 5.41) is 16.2. The molecule has 0 amide bonds. The molecule has 0 aliphatic rings. The lowest BCUT2D eigenvalue weighted by Gasteiger charge is -2.10. The van der Waals surface area contributed by atoms with Crippen LogP contribution in [0.25, 0.3) is 0 Å². The van der Waals surface area contributed by atoms with Crippen molar-refractivity contribution in [2.24, 2.45) is 0 Å². The Bertz CT molecular complexity index is 1190. The van der Waals surface area contributed by atoms with Crippen LogP contribution in [0.3, 0.4) is 0 Å². The summed E-state index contributed by atoms with van der Waals surface area (Å²) in [5.74, 6) is 0.706. The highest BCUT2D eigenvalue weighted by atomic mass is 32.1. The molecule has 0 radical (unpaired) electrons. The zero-order chi connectivity index (χ0) is 21.8. The van der Waals surface area contributed by atoms with Crippen molar-refractivity contribution in [3.8, 4) is 0 Å². The summed E-state index contributed by atoms with van der Waals surface area (Å²) in [6, 6.07) is 20.6. The highest BCUT2D eigenvalue weighted by Gasteiger charge is 2.13. The van der Waals surface area contributed by atoms with Gasteiger partial charge in [-0.3, -0.25) is 9.36 Å². The van der Waals surface area contributed by atoms with Gasteiger partial charge >= 0.3 is 0 Å². The zero-order valence-corrected chi connectivity index (χ0v) is 18.8. The van der Waals surface area contributed by atoms with E-state index >= 15 is 0 Å². The maximum Gasteiger partial charge on any atom is 0.176 e. The van der Waals surface area contributed by atoms with Crippen LogP contribution in [-0.2, 0) is 13.1 Å². The molecule has 0 fully saturated rings. The van der Waals surface area contributed by atoms with Crippen LogP contribution in [-0.4, -0.2) is 24.7 Å². The van der Waals surface area contributed by atoms with Crippen molar-refractivity contribution < 1.29 is 0 Å². The summed E-state index contributed by atoms with van der Waals surface area (Å²) in [6.45, 7) is 7.56. The molecule has 2 heterocycles. The Hall–Kier alpha value is -3.45. The molecule has 0 spiro atoms. The first kappa shape index (κ1) is 20.8. The summed E-state index contributed by atoms with van der Waals surface area (Å²) in [4.78, 5) is 0. The van der Waals surface area contributed by atoms with Crippen molar-refractivity contribution in [2.75, 3.05) is 10.6 Å². The Labute approximate surface area is 187 Å². The van der Waals surface area contributed by atoms with Crippen molar-refractivity contribution in [1.82, 2.24) is 19.6 Å². The molecule has 7 heteroatoms. The Morgan fingerprint density at radius 2 is 1.65 bits per heavy atom. The smallest absolute Gasteiger partial charge is 0.176 e. The highest BCUT2D eigenvalue weighted by Crippen LogP contribution is 2.21. The van der Waals surface area contributed by atoms with Gasteiger partial charge in [-0.2, -0.15) is 10.2 Å². The van der Waals surface area contributed by atoms with Crippen LogP contribution in [0.15, 0.2) is 66.9 Å². The molecule has 0 saturated heterocycles. The van der Waals surface area contributed by atoms with E-state index < -0.39 is 0 Å². The van der Waals surface area contributed by atoms with E-state index in [1.165, 1.54) is 16.7 Å². The minimum absolute atomic E-state index is 0.492. The summed E-state index contributed by atoms with van der Waals surface area (Å²) in [7, 11) is 0. The van der Waals surface area contributed by atoms with Gasteiger partial charge in [0, 0.05) is 12.3 Å². The quantitative estimate of drug-likeness (QED) is 0.426. The second-order valence-electron chi connectivity index (χ2n) is 7.66. The van der Waals surface area contributed by atoms with E-state index in [2.05, 4.69) is 64.2 Å². The molecule has 2 N–H and O–H groups in total. The number of thiocarbonyl (C=S) groups is 1. The molecule has 158 valence electrons. The summed E-state index contributed by atoms with van der Waals surface area (Å²) < 4.78 is 3.89. The molecular weight excluding hydrogens is 404 g/mol. The number of aromatic nitrogens is 4. The lowest BCUT2D eigenvalue weighted by atomic mass is 10.1. The molecule has 0 aliphatic carbocycles. The lowest BCUT2D eigenvalue weighted by molar-refractivity contribution is 0.659. The summed E-state index contributed by atoms with van der Waals surface area (Å²) in [5.41, 5.74) is 6.53. The molecular formula is C24H26N6S. The summed E-state index contributed by atoms with van der Waals surface area (Å²) >= 11 is 5.52. The Morgan fingerprint density at radius 3 is 2.42 bits per heavy atom. The maximum atomic E-state index is 5.52. The molecule has 0 aliphatic heterocycles. The number of anilines is 2. The third kappa shape index (κ3) is 5.19. The van der Waals surface area contributed by atoms with Crippen LogP contribution in [0.5, 0.6) is 0 Å². The predicted octanol–water partition coefficient (Wildman–Crippen LogP) is 4.91. The van der Waals surface area contributed by atoms with Gasteiger partial charge in [-0.15, -0.1) is 0 Å². The topological polar surface area (TPSA) is 59.7 Å². The molecule has 2 aromatic heterocycles. The van der Waals surface area contributed by atoms with Gasteiger partial charge in [0.1, 0.15) is 0 Å². The van der Waals surface area contributed by atoms with Crippen LogP contribution in [0.1, 0.15) is 28.1 Å². The molecule has 0 unspecified atom stereocenters. The normalized spacial score (nSPS) is 10.8. The molecule has 31 heavy (non-hydrogen) atoms. The molecule has 0 atom stereocenters. The van der Waals surface area contributed by atoms with Crippen molar-refractivity contribution in [1.29, 1.82) is 0 Å². The van der Waals surface area contributed by atoms with Crippen LogP contribution >= 0.6 is 12.2 Å².